The minimum Gasteiger partial charge on any atom is -0.406 e. The largest absolute Gasteiger partial charge is 0.573 e. The Labute approximate surface area is 197 Å². The molecule has 1 fully saturated rings. The molecule has 0 saturated carbocycles. The van der Waals surface area contributed by atoms with Crippen LogP contribution in [0.25, 0.3) is 10.1 Å². The predicted octanol–water partition coefficient (Wildman–Crippen LogP) is 5.40. The van der Waals surface area contributed by atoms with Crippen LogP contribution < -0.4 is 9.04 Å². The molecule has 5 nitrogen and oxygen atoms in total. The maximum Gasteiger partial charge on any atom is 0.573 e. The molecule has 184 valence electrons. The van der Waals surface area contributed by atoms with Crippen molar-refractivity contribution in [1.82, 2.24) is 4.90 Å². The fourth-order valence-corrected chi connectivity index (χ4v) is 6.79. The van der Waals surface area contributed by atoms with Gasteiger partial charge in [-0.05, 0) is 41.6 Å². The van der Waals surface area contributed by atoms with Crippen molar-refractivity contribution in [2.24, 2.45) is 0 Å². The van der Waals surface area contributed by atoms with E-state index in [1.165, 1.54) is 32.7 Å². The fraction of sp³-hybridized carbons (Fsp3) is 0.364. The number of aryl methyl sites for hydroxylation is 1. The average Bonchev–Trinajstić information content (AvgIpc) is 3.05. The third-order valence-electron chi connectivity index (χ3n) is 5.44. The van der Waals surface area contributed by atoms with E-state index in [4.69, 9.17) is 0 Å². The molecule has 1 saturated heterocycles. The first-order chi connectivity index (χ1) is 15.8. The van der Waals surface area contributed by atoms with E-state index in [0.717, 1.165) is 27.8 Å². The van der Waals surface area contributed by atoms with Crippen LogP contribution in [-0.4, -0.2) is 51.0 Å². The molecule has 0 amide bonds. The Bertz CT molecular complexity index is 1270. The van der Waals surface area contributed by atoms with Crippen LogP contribution in [0, 0.1) is 6.92 Å². The van der Waals surface area contributed by atoms with Crippen LogP contribution in [0.5, 0.6) is 5.75 Å². The van der Waals surface area contributed by atoms with Crippen LogP contribution in [0.15, 0.2) is 48.5 Å². The summed E-state index contributed by atoms with van der Waals surface area (Å²) >= 11 is 1.28. The minimum atomic E-state index is -4.83. The molecular formula is C22H21F5N2O3S2. The molecule has 0 unspecified atom stereocenters. The van der Waals surface area contributed by atoms with E-state index in [9.17, 15) is 30.4 Å². The van der Waals surface area contributed by atoms with Crippen LogP contribution in [0.4, 0.5) is 27.0 Å². The number of halogens is 5. The summed E-state index contributed by atoms with van der Waals surface area (Å²) in [4.78, 5) is 1.37. The first-order valence-electron chi connectivity index (χ1n) is 10.3. The molecule has 0 spiro atoms. The first kappa shape index (κ1) is 24.7. The molecule has 0 radical (unpaired) electrons. The van der Waals surface area contributed by atoms with Gasteiger partial charge in [0.15, 0.2) is 0 Å². The molecule has 3 aromatic rings. The summed E-state index contributed by atoms with van der Waals surface area (Å²) in [5.74, 6) is -3.58. The molecule has 1 aromatic heterocycles. The summed E-state index contributed by atoms with van der Waals surface area (Å²) in [7, 11) is -3.95. The minimum absolute atomic E-state index is 0.0449. The van der Waals surface area contributed by atoms with Crippen molar-refractivity contribution in [3.63, 3.8) is 0 Å². The van der Waals surface area contributed by atoms with E-state index in [-0.39, 0.29) is 18.8 Å². The van der Waals surface area contributed by atoms with Gasteiger partial charge in [0.25, 0.3) is 5.92 Å². The highest BCUT2D eigenvalue weighted by Crippen LogP contribution is 2.40. The van der Waals surface area contributed by atoms with Crippen molar-refractivity contribution in [2.75, 3.05) is 29.7 Å². The van der Waals surface area contributed by atoms with Crippen molar-refractivity contribution >= 4 is 36.4 Å². The third kappa shape index (κ3) is 5.61. The normalized spacial score (nSPS) is 16.4. The maximum atomic E-state index is 13.4. The van der Waals surface area contributed by atoms with E-state index in [2.05, 4.69) is 4.74 Å². The van der Waals surface area contributed by atoms with Crippen LogP contribution in [0.3, 0.4) is 0 Å². The van der Waals surface area contributed by atoms with Crippen molar-refractivity contribution in [1.29, 1.82) is 0 Å². The molecule has 0 bridgehead atoms. The first-order valence-corrected chi connectivity index (χ1v) is 12.7. The Morgan fingerprint density at radius 3 is 2.32 bits per heavy atom. The topological polar surface area (TPSA) is 49.9 Å². The third-order valence-corrected chi connectivity index (χ3v) is 8.53. The lowest BCUT2D eigenvalue weighted by molar-refractivity contribution is -0.274. The second kappa shape index (κ2) is 8.97. The van der Waals surface area contributed by atoms with Crippen molar-refractivity contribution in [2.45, 2.75) is 25.8 Å². The van der Waals surface area contributed by atoms with Gasteiger partial charge in [0.05, 0.1) is 25.4 Å². The molecule has 4 rings (SSSR count). The number of sulfonamides is 1. The number of fused-ring (bicyclic) bond motifs is 1. The van der Waals surface area contributed by atoms with E-state index in [1.807, 2.05) is 24.3 Å². The van der Waals surface area contributed by atoms with Crippen LogP contribution in [0.2, 0.25) is 0 Å². The average molecular weight is 521 g/mol. The number of benzene rings is 2. The zero-order valence-corrected chi connectivity index (χ0v) is 19.6. The summed E-state index contributed by atoms with van der Waals surface area (Å²) in [6.07, 6.45) is -4.83. The molecule has 1 aliphatic rings. The standard InChI is InChI=1S/C22H21F5N2O3S2/c1-15-18-4-2-3-5-19(18)33-20(15)29(34(30,31)11-10-28-13-21(23,24)14-28)12-16-6-8-17(9-7-16)32-22(25,26)27/h2-9H,10-14H2,1H3. The molecule has 34 heavy (non-hydrogen) atoms. The van der Waals surface area contributed by atoms with Crippen LogP contribution >= 0.6 is 11.3 Å². The zero-order chi connectivity index (χ0) is 24.7. The smallest absolute Gasteiger partial charge is 0.406 e. The maximum absolute atomic E-state index is 13.4. The van der Waals surface area contributed by atoms with Gasteiger partial charge in [0, 0.05) is 11.2 Å². The monoisotopic (exact) mass is 520 g/mol. The number of rotatable bonds is 8. The quantitative estimate of drug-likeness (QED) is 0.374. The number of nitrogens with zero attached hydrogens (tertiary/aromatic N) is 2. The summed E-state index contributed by atoms with van der Waals surface area (Å²) in [6.45, 7) is 0.665. The predicted molar refractivity (Wildman–Crippen MR) is 121 cm³/mol. The zero-order valence-electron chi connectivity index (χ0n) is 18.0. The molecular weight excluding hydrogens is 499 g/mol. The van der Waals surface area contributed by atoms with Gasteiger partial charge in [-0.15, -0.1) is 24.5 Å². The molecule has 0 atom stereocenters. The highest BCUT2D eigenvalue weighted by molar-refractivity contribution is 7.93. The Kier molecular flexibility index (Phi) is 6.51. The van der Waals surface area contributed by atoms with E-state index in [1.54, 1.807) is 6.92 Å². The molecule has 1 aliphatic heterocycles. The van der Waals surface area contributed by atoms with Crippen LogP contribution in [-0.2, 0) is 16.6 Å². The summed E-state index contributed by atoms with van der Waals surface area (Å²) in [5.41, 5.74) is 1.20. The number of likely N-dealkylation sites (tertiary alicyclic amines) is 1. The molecule has 0 N–H and O–H groups in total. The SMILES string of the molecule is Cc1c(N(Cc2ccc(OC(F)(F)F)cc2)S(=O)(=O)CCN2CC(F)(F)C2)sc2ccccc12. The highest BCUT2D eigenvalue weighted by Gasteiger charge is 2.44. The van der Waals surface area contributed by atoms with E-state index < -0.39 is 41.1 Å². The molecule has 2 heterocycles. The van der Waals surface area contributed by atoms with Crippen molar-refractivity contribution in [3.8, 4) is 5.75 Å². The molecule has 0 aliphatic carbocycles. The summed E-state index contributed by atoms with van der Waals surface area (Å²) < 4.78 is 96.3. The van der Waals surface area contributed by atoms with Gasteiger partial charge >= 0.3 is 6.36 Å². The van der Waals surface area contributed by atoms with Crippen molar-refractivity contribution < 1.29 is 35.1 Å². The number of alkyl halides is 5. The number of anilines is 1. The summed E-state index contributed by atoms with van der Waals surface area (Å²) in [5, 5.41) is 1.37. The van der Waals surface area contributed by atoms with E-state index >= 15 is 0 Å². The second-order valence-corrected chi connectivity index (χ2v) is 11.2. The Morgan fingerprint density at radius 1 is 1.09 bits per heavy atom. The van der Waals surface area contributed by atoms with Gasteiger partial charge in [0.2, 0.25) is 10.0 Å². The van der Waals surface area contributed by atoms with E-state index in [0.29, 0.717) is 10.6 Å². The van der Waals surface area contributed by atoms with Gasteiger partial charge in [-0.1, -0.05) is 30.3 Å². The Hall–Kier alpha value is -2.44. The highest BCUT2D eigenvalue weighted by atomic mass is 32.2. The Morgan fingerprint density at radius 2 is 1.74 bits per heavy atom. The van der Waals surface area contributed by atoms with Gasteiger partial charge in [0.1, 0.15) is 10.8 Å². The lowest BCUT2D eigenvalue weighted by Gasteiger charge is -2.38. The van der Waals surface area contributed by atoms with Gasteiger partial charge in [-0.2, -0.15) is 0 Å². The van der Waals surface area contributed by atoms with Crippen LogP contribution in [0.1, 0.15) is 11.1 Å². The summed E-state index contributed by atoms with van der Waals surface area (Å²) in [6, 6.07) is 12.4. The lowest BCUT2D eigenvalue weighted by atomic mass is 10.1. The van der Waals surface area contributed by atoms with Gasteiger partial charge in [-0.3, -0.25) is 9.21 Å². The number of ether oxygens (including phenoxy) is 1. The molecule has 2 aromatic carbocycles. The number of thiophene rings is 1. The van der Waals surface area contributed by atoms with Gasteiger partial charge in [-0.25, -0.2) is 17.2 Å². The fourth-order valence-electron chi connectivity index (χ4n) is 3.78. The lowest BCUT2D eigenvalue weighted by Crippen LogP contribution is -2.57. The van der Waals surface area contributed by atoms with Crippen molar-refractivity contribution in [3.05, 3.63) is 59.7 Å². The van der Waals surface area contributed by atoms with Gasteiger partial charge < -0.3 is 4.74 Å². The number of hydrogen-bond donors (Lipinski definition) is 0. The Balaban J connectivity index is 1.62. The molecule has 12 heteroatoms. The number of hydrogen-bond acceptors (Lipinski definition) is 5. The second-order valence-electron chi connectivity index (χ2n) is 8.11.